The molecule has 0 saturated carbocycles. The summed E-state index contributed by atoms with van der Waals surface area (Å²) in [6.07, 6.45) is 3.38. The van der Waals surface area contributed by atoms with Crippen molar-refractivity contribution >= 4 is 5.97 Å². The second-order valence-electron chi connectivity index (χ2n) is 2.95. The standard InChI is InChI=1S/C9H9N3O2/c1-12-7(6-4-10-11-5-6)2-3-8(12)9(13)14/h2-5H,1H3,(H,10,11)(H,13,14). The van der Waals surface area contributed by atoms with E-state index in [9.17, 15) is 4.79 Å². The number of carboxylic acid groups (broad SMARTS) is 1. The first-order valence-electron chi connectivity index (χ1n) is 4.08. The van der Waals surface area contributed by atoms with Crippen molar-refractivity contribution in [2.45, 2.75) is 0 Å². The summed E-state index contributed by atoms with van der Waals surface area (Å²) in [4.78, 5) is 10.8. The third-order valence-electron chi connectivity index (χ3n) is 2.13. The lowest BCUT2D eigenvalue weighted by molar-refractivity contribution is 0.0687. The van der Waals surface area contributed by atoms with Gasteiger partial charge in [-0.05, 0) is 12.1 Å². The number of nitrogens with one attached hydrogen (secondary N) is 1. The zero-order valence-corrected chi connectivity index (χ0v) is 7.56. The lowest BCUT2D eigenvalue weighted by Gasteiger charge is -2.01. The van der Waals surface area contributed by atoms with Gasteiger partial charge in [0.2, 0.25) is 0 Å². The quantitative estimate of drug-likeness (QED) is 0.747. The minimum Gasteiger partial charge on any atom is -0.477 e. The first-order chi connectivity index (χ1) is 6.70. The van der Waals surface area contributed by atoms with Crippen molar-refractivity contribution in [3.05, 3.63) is 30.2 Å². The van der Waals surface area contributed by atoms with Crippen molar-refractivity contribution in [2.75, 3.05) is 0 Å². The molecule has 0 aliphatic carbocycles. The molecular formula is C9H9N3O2. The molecule has 0 atom stereocenters. The average Bonchev–Trinajstić information content (AvgIpc) is 2.71. The van der Waals surface area contributed by atoms with Crippen LogP contribution in [0.1, 0.15) is 10.5 Å². The Morgan fingerprint density at radius 3 is 2.86 bits per heavy atom. The molecule has 2 aromatic heterocycles. The molecule has 5 heteroatoms. The highest BCUT2D eigenvalue weighted by molar-refractivity contribution is 5.87. The van der Waals surface area contributed by atoms with E-state index in [0.717, 1.165) is 11.3 Å². The second-order valence-corrected chi connectivity index (χ2v) is 2.95. The fourth-order valence-electron chi connectivity index (χ4n) is 1.41. The van der Waals surface area contributed by atoms with Crippen molar-refractivity contribution in [1.82, 2.24) is 14.8 Å². The lowest BCUT2D eigenvalue weighted by Crippen LogP contribution is -2.04. The highest BCUT2D eigenvalue weighted by Gasteiger charge is 2.12. The predicted octanol–water partition coefficient (Wildman–Crippen LogP) is 1.11. The Balaban J connectivity index is 2.52. The van der Waals surface area contributed by atoms with Gasteiger partial charge in [0.1, 0.15) is 5.69 Å². The van der Waals surface area contributed by atoms with Crippen LogP contribution in [0.3, 0.4) is 0 Å². The van der Waals surface area contributed by atoms with E-state index in [1.165, 1.54) is 0 Å². The lowest BCUT2D eigenvalue weighted by atomic mass is 10.3. The number of nitrogens with zero attached hydrogens (tertiary/aromatic N) is 2. The summed E-state index contributed by atoms with van der Waals surface area (Å²) >= 11 is 0. The molecule has 0 bridgehead atoms. The van der Waals surface area contributed by atoms with Crippen molar-refractivity contribution in [1.29, 1.82) is 0 Å². The molecule has 2 heterocycles. The van der Waals surface area contributed by atoms with Gasteiger partial charge in [0.15, 0.2) is 0 Å². The minimum absolute atomic E-state index is 0.265. The summed E-state index contributed by atoms with van der Waals surface area (Å²) in [5.41, 5.74) is 1.97. The molecule has 2 rings (SSSR count). The van der Waals surface area contributed by atoms with Gasteiger partial charge >= 0.3 is 5.97 Å². The number of hydrogen-bond donors (Lipinski definition) is 2. The molecule has 0 radical (unpaired) electrons. The number of aromatic amines is 1. The average molecular weight is 191 g/mol. The first-order valence-corrected chi connectivity index (χ1v) is 4.08. The van der Waals surface area contributed by atoms with Crippen LogP contribution in [-0.2, 0) is 7.05 Å². The van der Waals surface area contributed by atoms with Gasteiger partial charge in [-0.25, -0.2) is 4.79 Å². The number of aromatic nitrogens is 3. The molecule has 0 amide bonds. The molecule has 5 nitrogen and oxygen atoms in total. The predicted molar refractivity (Wildman–Crippen MR) is 50.0 cm³/mol. The smallest absolute Gasteiger partial charge is 0.352 e. The van der Waals surface area contributed by atoms with Crippen LogP contribution in [0.15, 0.2) is 24.5 Å². The Labute approximate surface area is 80.0 Å². The second kappa shape index (κ2) is 3.02. The Morgan fingerprint density at radius 2 is 2.36 bits per heavy atom. The van der Waals surface area contributed by atoms with Crippen LogP contribution in [0.25, 0.3) is 11.3 Å². The van der Waals surface area contributed by atoms with Gasteiger partial charge in [-0.3, -0.25) is 5.10 Å². The van der Waals surface area contributed by atoms with Crippen LogP contribution in [-0.4, -0.2) is 25.8 Å². The van der Waals surface area contributed by atoms with Crippen LogP contribution in [0.4, 0.5) is 0 Å². The van der Waals surface area contributed by atoms with E-state index in [0.29, 0.717) is 0 Å². The molecule has 0 saturated heterocycles. The van der Waals surface area contributed by atoms with Crippen LogP contribution in [0.2, 0.25) is 0 Å². The molecule has 0 spiro atoms. The zero-order valence-electron chi connectivity index (χ0n) is 7.56. The number of hydrogen-bond acceptors (Lipinski definition) is 2. The van der Waals surface area contributed by atoms with Crippen molar-refractivity contribution < 1.29 is 9.90 Å². The van der Waals surface area contributed by atoms with Gasteiger partial charge in [-0.2, -0.15) is 5.10 Å². The Kier molecular flexibility index (Phi) is 1.85. The fourth-order valence-corrected chi connectivity index (χ4v) is 1.41. The van der Waals surface area contributed by atoms with Gasteiger partial charge in [0, 0.05) is 18.8 Å². The Morgan fingerprint density at radius 1 is 1.57 bits per heavy atom. The molecule has 14 heavy (non-hydrogen) atoms. The van der Waals surface area contributed by atoms with Crippen molar-refractivity contribution in [3.8, 4) is 11.3 Å². The number of aromatic carboxylic acids is 1. The van der Waals surface area contributed by atoms with Crippen molar-refractivity contribution in [2.24, 2.45) is 7.05 Å². The molecule has 0 unspecified atom stereocenters. The molecule has 0 aromatic carbocycles. The maximum atomic E-state index is 10.8. The summed E-state index contributed by atoms with van der Waals surface area (Å²) in [6, 6.07) is 3.33. The molecule has 2 aromatic rings. The van der Waals surface area contributed by atoms with Crippen molar-refractivity contribution in [3.63, 3.8) is 0 Å². The van der Waals surface area contributed by atoms with E-state index in [2.05, 4.69) is 10.2 Å². The monoisotopic (exact) mass is 191 g/mol. The molecule has 2 N–H and O–H groups in total. The molecule has 0 aliphatic rings. The van der Waals surface area contributed by atoms with E-state index in [1.807, 2.05) is 0 Å². The normalized spacial score (nSPS) is 10.4. The molecular weight excluding hydrogens is 182 g/mol. The van der Waals surface area contributed by atoms with Crippen LogP contribution in [0.5, 0.6) is 0 Å². The van der Waals surface area contributed by atoms with E-state index in [4.69, 9.17) is 5.11 Å². The summed E-state index contributed by atoms with van der Waals surface area (Å²) < 4.78 is 1.62. The Hall–Kier alpha value is -2.04. The van der Waals surface area contributed by atoms with Gasteiger partial charge in [0.25, 0.3) is 0 Å². The highest BCUT2D eigenvalue weighted by Crippen LogP contribution is 2.19. The fraction of sp³-hybridized carbons (Fsp3) is 0.111. The highest BCUT2D eigenvalue weighted by atomic mass is 16.4. The van der Waals surface area contributed by atoms with Gasteiger partial charge in [-0.1, -0.05) is 0 Å². The Bertz CT molecular complexity index is 456. The van der Waals surface area contributed by atoms with Gasteiger partial charge in [0.05, 0.1) is 11.9 Å². The van der Waals surface area contributed by atoms with Gasteiger partial charge in [-0.15, -0.1) is 0 Å². The summed E-state index contributed by atoms with van der Waals surface area (Å²) in [5, 5.41) is 15.3. The maximum Gasteiger partial charge on any atom is 0.352 e. The largest absolute Gasteiger partial charge is 0.477 e. The van der Waals surface area contributed by atoms with Crippen LogP contribution in [0, 0.1) is 0 Å². The van der Waals surface area contributed by atoms with E-state index < -0.39 is 5.97 Å². The maximum absolute atomic E-state index is 10.8. The van der Waals surface area contributed by atoms with E-state index in [1.54, 1.807) is 36.1 Å². The number of carboxylic acids is 1. The van der Waals surface area contributed by atoms with E-state index >= 15 is 0 Å². The summed E-state index contributed by atoms with van der Waals surface area (Å²) in [6.45, 7) is 0. The van der Waals surface area contributed by atoms with Crippen LogP contribution >= 0.6 is 0 Å². The summed E-state index contributed by atoms with van der Waals surface area (Å²) in [7, 11) is 1.71. The van der Waals surface area contributed by atoms with Crippen LogP contribution < -0.4 is 0 Å². The number of H-pyrrole nitrogens is 1. The third-order valence-corrected chi connectivity index (χ3v) is 2.13. The number of rotatable bonds is 2. The topological polar surface area (TPSA) is 70.9 Å². The number of carbonyl (C=O) groups is 1. The molecule has 72 valence electrons. The molecule has 0 fully saturated rings. The molecule has 0 aliphatic heterocycles. The summed E-state index contributed by atoms with van der Waals surface area (Å²) in [5.74, 6) is -0.928. The van der Waals surface area contributed by atoms with Gasteiger partial charge < -0.3 is 9.67 Å². The third kappa shape index (κ3) is 1.19. The van der Waals surface area contributed by atoms with E-state index in [-0.39, 0.29) is 5.69 Å². The minimum atomic E-state index is -0.928. The zero-order chi connectivity index (χ0) is 10.1. The first kappa shape index (κ1) is 8.55. The SMILES string of the molecule is Cn1c(C(=O)O)ccc1-c1cn[nH]c1.